The van der Waals surface area contributed by atoms with Gasteiger partial charge in [0.1, 0.15) is 17.7 Å². The summed E-state index contributed by atoms with van der Waals surface area (Å²) in [6.07, 6.45) is 0. The van der Waals surface area contributed by atoms with Crippen molar-refractivity contribution in [3.05, 3.63) is 47.5 Å². The summed E-state index contributed by atoms with van der Waals surface area (Å²) in [5.41, 5.74) is 2.42. The molecule has 0 aliphatic rings. The number of anilines is 1. The zero-order valence-corrected chi connectivity index (χ0v) is 11.9. The van der Waals surface area contributed by atoms with Crippen molar-refractivity contribution in [2.24, 2.45) is 0 Å². The highest BCUT2D eigenvalue weighted by Crippen LogP contribution is 2.26. The Kier molecular flexibility index (Phi) is 4.21. The van der Waals surface area contributed by atoms with Gasteiger partial charge in [-0.2, -0.15) is 10.5 Å². The maximum absolute atomic E-state index is 12.7. The van der Waals surface area contributed by atoms with Gasteiger partial charge in [-0.3, -0.25) is 0 Å². The van der Waals surface area contributed by atoms with E-state index in [1.54, 1.807) is 14.0 Å². The molecule has 0 N–H and O–H groups in total. The summed E-state index contributed by atoms with van der Waals surface area (Å²) in [5.74, 6) is 0. The minimum absolute atomic E-state index is 0.114. The van der Waals surface area contributed by atoms with Crippen molar-refractivity contribution >= 4 is 22.0 Å². The van der Waals surface area contributed by atoms with Crippen molar-refractivity contribution < 1.29 is 4.39 Å². The molecule has 0 bridgehead atoms. The van der Waals surface area contributed by atoms with Crippen LogP contribution in [0, 0.1) is 22.7 Å². The van der Waals surface area contributed by atoms with E-state index in [2.05, 4.69) is 0 Å². The summed E-state index contributed by atoms with van der Waals surface area (Å²) in [6.45, 7) is 1.22. The maximum atomic E-state index is 12.7. The fraction of sp³-hybridized carbons (Fsp3) is 0.176. The first-order chi connectivity index (χ1) is 10.1. The van der Waals surface area contributed by atoms with Gasteiger partial charge in [0.25, 0.3) is 0 Å². The molecule has 3 nitrogen and oxygen atoms in total. The molecule has 0 radical (unpaired) electrons. The highest BCUT2D eigenvalue weighted by molar-refractivity contribution is 5.89. The van der Waals surface area contributed by atoms with Crippen LogP contribution >= 0.6 is 0 Å². The van der Waals surface area contributed by atoms with Crippen LogP contribution in [0.5, 0.6) is 0 Å². The monoisotopic (exact) mass is 279 g/mol. The Bertz CT molecular complexity index is 778. The Morgan fingerprint density at radius 1 is 1.10 bits per heavy atom. The topological polar surface area (TPSA) is 50.8 Å². The predicted octanol–water partition coefficient (Wildman–Crippen LogP) is 4.02. The molecule has 0 saturated carbocycles. The Labute approximate surface area is 123 Å². The van der Waals surface area contributed by atoms with E-state index < -0.39 is 6.80 Å². The summed E-state index contributed by atoms with van der Waals surface area (Å²) < 4.78 is 12.7. The van der Waals surface area contributed by atoms with E-state index in [1.807, 2.05) is 48.5 Å². The molecule has 2 rings (SSSR count). The van der Waals surface area contributed by atoms with Crippen LogP contribution in [0.2, 0.25) is 0 Å². The van der Waals surface area contributed by atoms with E-state index in [0.717, 1.165) is 22.0 Å². The van der Waals surface area contributed by atoms with E-state index >= 15 is 0 Å². The second-order valence-corrected chi connectivity index (χ2v) is 4.79. The lowest BCUT2D eigenvalue weighted by Crippen LogP contribution is -2.14. The smallest absolute Gasteiger partial charge is 0.161 e. The first-order valence-corrected chi connectivity index (χ1v) is 6.43. The summed E-state index contributed by atoms with van der Waals surface area (Å²) in [5, 5.41) is 19.8. The summed E-state index contributed by atoms with van der Waals surface area (Å²) in [6, 6.07) is 15.2. The van der Waals surface area contributed by atoms with Crippen molar-refractivity contribution in [1.82, 2.24) is 0 Å². The molecule has 0 saturated heterocycles. The van der Waals surface area contributed by atoms with E-state index in [4.69, 9.17) is 10.5 Å². The van der Waals surface area contributed by atoms with E-state index in [9.17, 15) is 4.39 Å². The van der Waals surface area contributed by atoms with Crippen LogP contribution in [0.1, 0.15) is 12.5 Å². The standard InChI is InChI=1S/C17H14FN3/c1-12(16(9-19)10-20)13-3-4-15-8-17(21(2)11-18)6-5-14(15)7-13/h3-8H,11H2,1-2H3. The average Bonchev–Trinajstić information content (AvgIpc) is 2.54. The molecule has 0 spiro atoms. The van der Waals surface area contributed by atoms with E-state index in [-0.39, 0.29) is 5.57 Å². The molecule has 104 valence electrons. The third-order valence-electron chi connectivity index (χ3n) is 3.48. The number of nitriles is 2. The number of benzene rings is 2. The second-order valence-electron chi connectivity index (χ2n) is 4.79. The molecule has 0 aliphatic heterocycles. The zero-order valence-electron chi connectivity index (χ0n) is 11.9. The van der Waals surface area contributed by atoms with Gasteiger partial charge in [0, 0.05) is 12.7 Å². The minimum atomic E-state index is -0.543. The summed E-state index contributed by atoms with van der Waals surface area (Å²) in [4.78, 5) is 1.52. The molecule has 0 heterocycles. The van der Waals surface area contributed by atoms with Crippen molar-refractivity contribution in [3.63, 3.8) is 0 Å². The normalized spacial score (nSPS) is 9.76. The van der Waals surface area contributed by atoms with Crippen LogP contribution in [0.15, 0.2) is 42.0 Å². The Balaban J connectivity index is 2.53. The minimum Gasteiger partial charge on any atom is -0.348 e. The molecular formula is C17H14FN3. The van der Waals surface area contributed by atoms with Crippen LogP contribution in [-0.2, 0) is 0 Å². The van der Waals surface area contributed by atoms with Gasteiger partial charge >= 0.3 is 0 Å². The first-order valence-electron chi connectivity index (χ1n) is 6.43. The molecule has 0 unspecified atom stereocenters. The Hall–Kier alpha value is -2.85. The van der Waals surface area contributed by atoms with Gasteiger partial charge in [-0.1, -0.05) is 18.2 Å². The quantitative estimate of drug-likeness (QED) is 0.629. The molecule has 21 heavy (non-hydrogen) atoms. The third kappa shape index (κ3) is 2.85. The van der Waals surface area contributed by atoms with Crippen LogP contribution < -0.4 is 4.90 Å². The van der Waals surface area contributed by atoms with Gasteiger partial charge in [-0.15, -0.1) is 0 Å². The lowest BCUT2D eigenvalue weighted by molar-refractivity contribution is 0.491. The number of hydrogen-bond donors (Lipinski definition) is 0. The number of halogens is 1. The van der Waals surface area contributed by atoms with E-state index in [1.165, 1.54) is 4.90 Å². The van der Waals surface area contributed by atoms with Crippen LogP contribution in [0.4, 0.5) is 10.1 Å². The third-order valence-corrected chi connectivity index (χ3v) is 3.48. The number of fused-ring (bicyclic) bond motifs is 1. The van der Waals surface area contributed by atoms with Crippen molar-refractivity contribution in [2.45, 2.75) is 6.92 Å². The molecule has 2 aromatic rings. The van der Waals surface area contributed by atoms with Gasteiger partial charge < -0.3 is 4.90 Å². The van der Waals surface area contributed by atoms with E-state index in [0.29, 0.717) is 5.57 Å². The molecule has 0 amide bonds. The van der Waals surface area contributed by atoms with Crippen molar-refractivity contribution in [3.8, 4) is 12.1 Å². The summed E-state index contributed by atoms with van der Waals surface area (Å²) >= 11 is 0. The average molecular weight is 279 g/mol. The Morgan fingerprint density at radius 3 is 2.33 bits per heavy atom. The number of nitrogens with zero attached hydrogens (tertiary/aromatic N) is 3. The van der Waals surface area contributed by atoms with Crippen molar-refractivity contribution in [2.75, 3.05) is 18.7 Å². The molecule has 0 aliphatic carbocycles. The SMILES string of the molecule is CC(=C(C#N)C#N)c1ccc2cc(N(C)CF)ccc2c1. The summed E-state index contributed by atoms with van der Waals surface area (Å²) in [7, 11) is 1.69. The lowest BCUT2D eigenvalue weighted by Gasteiger charge is -2.15. The predicted molar refractivity (Wildman–Crippen MR) is 82.1 cm³/mol. The molecule has 0 aromatic heterocycles. The lowest BCUT2D eigenvalue weighted by atomic mass is 9.99. The molecular weight excluding hydrogens is 265 g/mol. The molecule has 2 aromatic carbocycles. The van der Waals surface area contributed by atoms with Gasteiger partial charge in [0.15, 0.2) is 6.80 Å². The van der Waals surface area contributed by atoms with Gasteiger partial charge in [-0.05, 0) is 47.0 Å². The molecule has 4 heteroatoms. The number of hydrogen-bond acceptors (Lipinski definition) is 3. The van der Waals surface area contributed by atoms with Crippen LogP contribution in [0.25, 0.3) is 16.3 Å². The number of alkyl halides is 1. The Morgan fingerprint density at radius 2 is 1.71 bits per heavy atom. The fourth-order valence-corrected chi connectivity index (χ4v) is 2.11. The number of rotatable bonds is 3. The zero-order chi connectivity index (χ0) is 15.4. The molecule has 0 atom stereocenters. The molecule has 0 fully saturated rings. The largest absolute Gasteiger partial charge is 0.348 e. The van der Waals surface area contributed by atoms with Gasteiger partial charge in [-0.25, -0.2) is 4.39 Å². The highest BCUT2D eigenvalue weighted by atomic mass is 19.1. The van der Waals surface area contributed by atoms with Crippen LogP contribution in [0.3, 0.4) is 0 Å². The first kappa shape index (κ1) is 14.6. The van der Waals surface area contributed by atoms with Gasteiger partial charge in [0.2, 0.25) is 0 Å². The number of allylic oxidation sites excluding steroid dienone is 2. The maximum Gasteiger partial charge on any atom is 0.161 e. The van der Waals surface area contributed by atoms with Gasteiger partial charge in [0.05, 0.1) is 0 Å². The van der Waals surface area contributed by atoms with Crippen molar-refractivity contribution in [1.29, 1.82) is 10.5 Å². The second kappa shape index (κ2) is 6.07. The highest BCUT2D eigenvalue weighted by Gasteiger charge is 2.06. The fourth-order valence-electron chi connectivity index (χ4n) is 2.11. The van der Waals surface area contributed by atoms with Crippen LogP contribution in [-0.4, -0.2) is 13.8 Å².